The highest BCUT2D eigenvalue weighted by atomic mass is 19.3. The van der Waals surface area contributed by atoms with E-state index in [9.17, 15) is 33.6 Å². The normalized spacial score (nSPS) is 12.0. The fraction of sp³-hybridized carbons (Fsp3) is 0.200. The molecule has 0 aromatic heterocycles. The van der Waals surface area contributed by atoms with Crippen LogP contribution in [0.5, 0.6) is 5.75 Å². The van der Waals surface area contributed by atoms with Crippen LogP contribution in [0.25, 0.3) is 0 Å². The molecule has 2 N–H and O–H groups in total. The number of aliphatic hydroxyl groups excluding tert-OH is 1. The topological polar surface area (TPSA) is 127 Å². The molecular weight excluding hydrogens is 284 g/mol. The van der Waals surface area contributed by atoms with Crippen molar-refractivity contribution in [1.82, 2.24) is 0 Å². The Bertz CT molecular complexity index is 561. The first-order valence-electron chi connectivity index (χ1n) is 4.91. The van der Waals surface area contributed by atoms with Gasteiger partial charge in [0.1, 0.15) is 0 Å². The van der Waals surface area contributed by atoms with Gasteiger partial charge < -0.3 is 14.9 Å². The first-order chi connectivity index (χ1) is 9.27. The minimum absolute atomic E-state index is 0.0332. The molecular formula is C10H7F2NO7. The SMILES string of the molecule is O=Cc1cc(C(O)C(=O)O)cc(OC(F)F)c1[N+](=O)[O-]. The smallest absolute Gasteiger partial charge is 0.387 e. The van der Waals surface area contributed by atoms with E-state index in [0.29, 0.717) is 12.1 Å². The molecule has 0 heterocycles. The van der Waals surface area contributed by atoms with Crippen molar-refractivity contribution in [3.05, 3.63) is 33.4 Å². The summed E-state index contributed by atoms with van der Waals surface area (Å²) in [5, 5.41) is 28.6. The number of aliphatic hydroxyl groups is 1. The van der Waals surface area contributed by atoms with Gasteiger partial charge in [0.25, 0.3) is 0 Å². The Morgan fingerprint density at radius 3 is 2.45 bits per heavy atom. The summed E-state index contributed by atoms with van der Waals surface area (Å²) >= 11 is 0. The van der Waals surface area contributed by atoms with Crippen LogP contribution in [0.15, 0.2) is 12.1 Å². The Balaban J connectivity index is 3.50. The van der Waals surface area contributed by atoms with Crippen LogP contribution in [0.1, 0.15) is 22.0 Å². The third-order valence-corrected chi connectivity index (χ3v) is 2.20. The van der Waals surface area contributed by atoms with Gasteiger partial charge in [0.05, 0.1) is 10.5 Å². The van der Waals surface area contributed by atoms with Crippen molar-refractivity contribution in [3.8, 4) is 5.75 Å². The summed E-state index contributed by atoms with van der Waals surface area (Å²) in [6, 6.07) is 1.28. The number of aliphatic carboxylic acids is 1. The highest BCUT2D eigenvalue weighted by molar-refractivity contribution is 5.85. The van der Waals surface area contributed by atoms with Crippen LogP contribution in [-0.4, -0.2) is 34.0 Å². The molecule has 1 unspecified atom stereocenters. The molecule has 0 bridgehead atoms. The molecule has 0 fully saturated rings. The van der Waals surface area contributed by atoms with Crippen molar-refractivity contribution in [2.75, 3.05) is 0 Å². The lowest BCUT2D eigenvalue weighted by Gasteiger charge is -2.11. The van der Waals surface area contributed by atoms with Crippen LogP contribution in [0.4, 0.5) is 14.5 Å². The highest BCUT2D eigenvalue weighted by Gasteiger charge is 2.28. The maximum atomic E-state index is 12.2. The zero-order chi connectivity index (χ0) is 15.4. The van der Waals surface area contributed by atoms with Crippen molar-refractivity contribution in [3.63, 3.8) is 0 Å². The van der Waals surface area contributed by atoms with Gasteiger partial charge in [0, 0.05) is 0 Å². The van der Waals surface area contributed by atoms with Crippen LogP contribution in [0.2, 0.25) is 0 Å². The first-order valence-corrected chi connectivity index (χ1v) is 4.91. The molecule has 0 saturated carbocycles. The van der Waals surface area contributed by atoms with E-state index in [1.165, 1.54) is 0 Å². The fourth-order valence-electron chi connectivity index (χ4n) is 1.42. The number of alkyl halides is 2. The van der Waals surface area contributed by atoms with E-state index < -0.39 is 46.2 Å². The maximum absolute atomic E-state index is 12.2. The number of nitrogens with zero attached hydrogens (tertiary/aromatic N) is 1. The van der Waals surface area contributed by atoms with Gasteiger partial charge in [-0.3, -0.25) is 14.9 Å². The molecule has 20 heavy (non-hydrogen) atoms. The van der Waals surface area contributed by atoms with E-state index in [-0.39, 0.29) is 6.29 Å². The van der Waals surface area contributed by atoms with Gasteiger partial charge in [-0.1, -0.05) is 0 Å². The average molecular weight is 291 g/mol. The van der Waals surface area contributed by atoms with Crippen molar-refractivity contribution in [1.29, 1.82) is 0 Å². The molecule has 0 saturated heterocycles. The summed E-state index contributed by atoms with van der Waals surface area (Å²) in [5.41, 5.74) is -2.23. The van der Waals surface area contributed by atoms with Crippen LogP contribution in [0, 0.1) is 10.1 Å². The number of aldehydes is 1. The molecule has 0 aliphatic carbocycles. The van der Waals surface area contributed by atoms with Crippen LogP contribution >= 0.6 is 0 Å². The summed E-state index contributed by atoms with van der Waals surface area (Å²) in [6.07, 6.45) is -2.18. The first kappa shape index (κ1) is 15.4. The van der Waals surface area contributed by atoms with Crippen molar-refractivity contribution in [2.24, 2.45) is 0 Å². The van der Waals surface area contributed by atoms with Gasteiger partial charge in [-0.05, 0) is 17.7 Å². The molecule has 1 aromatic rings. The summed E-state index contributed by atoms with van der Waals surface area (Å²) in [4.78, 5) is 30.9. The molecule has 10 heteroatoms. The van der Waals surface area contributed by atoms with E-state index in [1.54, 1.807) is 0 Å². The number of carbonyl (C=O) groups is 2. The molecule has 0 aliphatic heterocycles. The van der Waals surface area contributed by atoms with E-state index in [4.69, 9.17) is 5.11 Å². The van der Waals surface area contributed by atoms with Gasteiger partial charge in [-0.15, -0.1) is 0 Å². The summed E-state index contributed by atoms with van der Waals surface area (Å²) in [6.45, 7) is -3.43. The summed E-state index contributed by atoms with van der Waals surface area (Å²) < 4.78 is 28.2. The number of hydrogen-bond acceptors (Lipinski definition) is 6. The molecule has 1 rings (SSSR count). The van der Waals surface area contributed by atoms with E-state index in [0.717, 1.165) is 0 Å². The molecule has 0 amide bonds. The van der Waals surface area contributed by atoms with Gasteiger partial charge in [0.2, 0.25) is 5.75 Å². The van der Waals surface area contributed by atoms with Gasteiger partial charge in [-0.25, -0.2) is 4.79 Å². The minimum atomic E-state index is -3.43. The Hall–Kier alpha value is -2.62. The third-order valence-electron chi connectivity index (χ3n) is 2.20. The number of carboxylic acids is 1. The van der Waals surface area contributed by atoms with E-state index in [2.05, 4.69) is 4.74 Å². The number of carbonyl (C=O) groups excluding carboxylic acids is 1. The zero-order valence-electron chi connectivity index (χ0n) is 9.53. The quantitative estimate of drug-likeness (QED) is 0.456. The molecule has 1 aromatic carbocycles. The molecule has 108 valence electrons. The van der Waals surface area contributed by atoms with E-state index >= 15 is 0 Å². The van der Waals surface area contributed by atoms with Crippen LogP contribution < -0.4 is 4.74 Å². The number of rotatable bonds is 6. The Morgan fingerprint density at radius 1 is 1.45 bits per heavy atom. The van der Waals surface area contributed by atoms with Crippen LogP contribution in [-0.2, 0) is 4.79 Å². The molecule has 0 spiro atoms. The standard InChI is InChI=1S/C10H7F2NO7/c11-10(12)20-6-2-4(8(15)9(16)17)1-5(3-14)7(6)13(18)19/h1-3,8,10,15H,(H,16,17). The van der Waals surface area contributed by atoms with Crippen molar-refractivity contribution >= 4 is 17.9 Å². The summed E-state index contributed by atoms with van der Waals surface area (Å²) in [7, 11) is 0. The number of nitro benzene ring substituents is 1. The monoisotopic (exact) mass is 291 g/mol. The Morgan fingerprint density at radius 2 is 2.05 bits per heavy atom. The Kier molecular flexibility index (Phi) is 4.64. The number of benzene rings is 1. The van der Waals surface area contributed by atoms with Gasteiger partial charge in [-0.2, -0.15) is 8.78 Å². The van der Waals surface area contributed by atoms with Gasteiger partial charge in [0.15, 0.2) is 12.4 Å². The molecule has 8 nitrogen and oxygen atoms in total. The molecule has 1 atom stereocenters. The highest BCUT2D eigenvalue weighted by Crippen LogP contribution is 2.34. The number of hydrogen-bond donors (Lipinski definition) is 2. The summed E-state index contributed by atoms with van der Waals surface area (Å²) in [5.74, 6) is -2.73. The number of halogens is 2. The lowest BCUT2D eigenvalue weighted by molar-refractivity contribution is -0.386. The van der Waals surface area contributed by atoms with E-state index in [1.807, 2.05) is 0 Å². The molecule has 0 aliphatic rings. The maximum Gasteiger partial charge on any atom is 0.387 e. The Labute approximate surface area is 109 Å². The largest absolute Gasteiger partial charge is 0.479 e. The van der Waals surface area contributed by atoms with Crippen molar-refractivity contribution in [2.45, 2.75) is 12.7 Å². The average Bonchev–Trinajstić information content (AvgIpc) is 2.35. The van der Waals surface area contributed by atoms with Gasteiger partial charge >= 0.3 is 18.3 Å². The van der Waals surface area contributed by atoms with Crippen molar-refractivity contribution < 1.29 is 38.2 Å². The third kappa shape index (κ3) is 3.23. The zero-order valence-corrected chi connectivity index (χ0v) is 9.53. The fourth-order valence-corrected chi connectivity index (χ4v) is 1.42. The second-order valence-corrected chi connectivity index (χ2v) is 3.45. The minimum Gasteiger partial charge on any atom is -0.479 e. The number of nitro groups is 1. The number of ether oxygens (including phenoxy) is 1. The number of carboxylic acid groups (broad SMARTS) is 1. The second kappa shape index (κ2) is 6.02. The predicted molar refractivity (Wildman–Crippen MR) is 57.7 cm³/mol. The van der Waals surface area contributed by atoms with Crippen LogP contribution in [0.3, 0.4) is 0 Å². The second-order valence-electron chi connectivity index (χ2n) is 3.45. The lowest BCUT2D eigenvalue weighted by Crippen LogP contribution is -2.13. The predicted octanol–water partition coefficient (Wildman–Crippen LogP) is 1.13. The lowest BCUT2D eigenvalue weighted by atomic mass is 10.0. The molecule has 0 radical (unpaired) electrons.